The molecule has 0 radical (unpaired) electrons. The molecule has 1 fully saturated rings. The van der Waals surface area contributed by atoms with Crippen LogP contribution in [0.15, 0.2) is 36.4 Å². The van der Waals surface area contributed by atoms with E-state index in [9.17, 15) is 24.3 Å². The average Bonchev–Trinajstić information content (AvgIpc) is 3.04. The van der Waals surface area contributed by atoms with Gasteiger partial charge >= 0.3 is 0 Å². The number of imide groups is 2. The minimum Gasteiger partial charge on any atom is -0.366 e. The average molecular weight is 330 g/mol. The van der Waals surface area contributed by atoms with Gasteiger partial charge in [-0.3, -0.25) is 19.2 Å². The van der Waals surface area contributed by atoms with Crippen LogP contribution >= 0.6 is 0 Å². The predicted octanol–water partition coefficient (Wildman–Crippen LogP) is 0.0575. The molecule has 2 heterocycles. The van der Waals surface area contributed by atoms with Crippen LogP contribution in [0.3, 0.4) is 0 Å². The first-order valence-corrected chi connectivity index (χ1v) is 7.31. The van der Waals surface area contributed by atoms with Crippen LogP contribution in [0.25, 0.3) is 0 Å². The molecule has 0 bridgehead atoms. The smallest absolute Gasteiger partial charge is 0.258 e. The molecule has 2 aliphatic heterocycles. The highest BCUT2D eigenvalue weighted by Crippen LogP contribution is 2.21. The molecule has 4 amide bonds. The molecule has 0 spiro atoms. The van der Waals surface area contributed by atoms with Crippen molar-refractivity contribution in [3.8, 4) is 0 Å². The van der Waals surface area contributed by atoms with Gasteiger partial charge in [-0.25, -0.2) is 9.74 Å². The maximum atomic E-state index is 11.6. The Kier molecular flexibility index (Phi) is 4.24. The molecule has 8 nitrogen and oxygen atoms in total. The molecule has 0 aromatic heterocycles. The highest BCUT2D eigenvalue weighted by molar-refractivity contribution is 6.28. The molecule has 124 valence electrons. The van der Waals surface area contributed by atoms with Gasteiger partial charge < -0.3 is 5.11 Å². The molecule has 1 aromatic rings. The van der Waals surface area contributed by atoms with Crippen LogP contribution < -0.4 is 4.90 Å². The van der Waals surface area contributed by atoms with Crippen molar-refractivity contribution in [3.63, 3.8) is 0 Å². The fourth-order valence-electron chi connectivity index (χ4n) is 2.47. The largest absolute Gasteiger partial charge is 0.366 e. The zero-order valence-electron chi connectivity index (χ0n) is 12.5. The third kappa shape index (κ3) is 3.10. The summed E-state index contributed by atoms with van der Waals surface area (Å²) < 4.78 is 0. The second-order valence-electron chi connectivity index (χ2n) is 5.36. The Hall–Kier alpha value is -2.84. The minimum absolute atomic E-state index is 0.0392. The van der Waals surface area contributed by atoms with Crippen molar-refractivity contribution in [2.45, 2.75) is 25.6 Å². The molecule has 3 rings (SSSR count). The lowest BCUT2D eigenvalue weighted by molar-refractivity contribution is -0.243. The topological polar surface area (TPSA) is 104 Å². The summed E-state index contributed by atoms with van der Waals surface area (Å²) in [5.74, 6) is -1.79. The molecule has 1 atom stereocenters. The molecule has 1 unspecified atom stereocenters. The van der Waals surface area contributed by atoms with E-state index >= 15 is 0 Å². The molecule has 0 saturated carbocycles. The number of carbonyl (C=O) groups excluding carboxylic acids is 4. The molecule has 1 aromatic carbocycles. The molecular weight excluding hydrogens is 316 g/mol. The Morgan fingerprint density at radius 2 is 1.50 bits per heavy atom. The second-order valence-corrected chi connectivity index (χ2v) is 5.36. The van der Waals surface area contributed by atoms with Crippen LogP contribution in [0.2, 0.25) is 0 Å². The molecule has 1 N–H and O–H groups in total. The number of aliphatic hydroxyl groups is 1. The maximum absolute atomic E-state index is 11.6. The lowest BCUT2D eigenvalue weighted by Gasteiger charge is -2.18. The van der Waals surface area contributed by atoms with Gasteiger partial charge in [-0.2, -0.15) is 5.06 Å². The van der Waals surface area contributed by atoms with Crippen molar-refractivity contribution in [3.05, 3.63) is 42.0 Å². The highest BCUT2D eigenvalue weighted by atomic mass is 16.8. The number of rotatable bonds is 5. The van der Waals surface area contributed by atoms with E-state index in [1.807, 2.05) is 0 Å². The number of nitrogens with zero attached hydrogens (tertiary/aromatic N) is 2. The number of amides is 4. The van der Waals surface area contributed by atoms with Crippen molar-refractivity contribution in [2.24, 2.45) is 0 Å². The van der Waals surface area contributed by atoms with Crippen LogP contribution in [-0.4, -0.2) is 40.1 Å². The summed E-state index contributed by atoms with van der Waals surface area (Å²) in [6, 6.07) is 6.37. The van der Waals surface area contributed by atoms with Gasteiger partial charge in [0.15, 0.2) is 6.29 Å². The second kappa shape index (κ2) is 6.34. The van der Waals surface area contributed by atoms with E-state index in [0.29, 0.717) is 16.3 Å². The molecule has 0 aliphatic carbocycles. The van der Waals surface area contributed by atoms with Crippen molar-refractivity contribution in [1.29, 1.82) is 0 Å². The lowest BCUT2D eigenvalue weighted by Crippen LogP contribution is -2.34. The first-order valence-electron chi connectivity index (χ1n) is 7.31. The summed E-state index contributed by atoms with van der Waals surface area (Å²) >= 11 is 0. The molecular formula is C16H14N2O6. The van der Waals surface area contributed by atoms with Gasteiger partial charge in [0.25, 0.3) is 23.6 Å². The number of carbonyl (C=O) groups is 4. The van der Waals surface area contributed by atoms with Crippen molar-refractivity contribution >= 4 is 29.3 Å². The Morgan fingerprint density at radius 3 is 2.04 bits per heavy atom. The number of hydroxylamine groups is 2. The summed E-state index contributed by atoms with van der Waals surface area (Å²) in [7, 11) is 0. The van der Waals surface area contributed by atoms with Crippen LogP contribution in [-0.2, 0) is 30.4 Å². The SMILES string of the molecule is O=C1CCC(=O)N1OC(O)Cc1ccc(N2C(=O)C=CC2=O)cc1. The molecule has 24 heavy (non-hydrogen) atoms. The van der Waals surface area contributed by atoms with Gasteiger partial charge in [-0.1, -0.05) is 12.1 Å². The third-order valence-corrected chi connectivity index (χ3v) is 3.65. The summed E-state index contributed by atoms with van der Waals surface area (Å²) in [6.45, 7) is 0. The number of hydrogen-bond donors (Lipinski definition) is 1. The van der Waals surface area contributed by atoms with E-state index in [4.69, 9.17) is 4.84 Å². The Morgan fingerprint density at radius 1 is 0.958 bits per heavy atom. The highest BCUT2D eigenvalue weighted by Gasteiger charge is 2.32. The van der Waals surface area contributed by atoms with Gasteiger partial charge in [-0.15, -0.1) is 0 Å². The predicted molar refractivity (Wildman–Crippen MR) is 80.0 cm³/mol. The molecule has 1 saturated heterocycles. The van der Waals surface area contributed by atoms with Gasteiger partial charge in [0.1, 0.15) is 0 Å². The van der Waals surface area contributed by atoms with Crippen molar-refractivity contribution < 1.29 is 29.1 Å². The standard InChI is InChI=1S/C16H14N2O6/c19-12-5-6-13(20)17(12)11-3-1-10(2-4-11)9-16(23)24-18-14(21)7-8-15(18)22/h1-6,16,23H,7-9H2. The van der Waals surface area contributed by atoms with Crippen LogP contribution in [0, 0.1) is 0 Å². The number of anilines is 1. The molecule has 8 heteroatoms. The van der Waals surface area contributed by atoms with Gasteiger partial charge in [0, 0.05) is 31.4 Å². The van der Waals surface area contributed by atoms with E-state index in [-0.39, 0.29) is 19.3 Å². The fraction of sp³-hybridized carbons (Fsp3) is 0.250. The van der Waals surface area contributed by atoms with E-state index in [1.54, 1.807) is 24.3 Å². The summed E-state index contributed by atoms with van der Waals surface area (Å²) in [5, 5.41) is 10.5. The first kappa shape index (κ1) is 16.0. The van der Waals surface area contributed by atoms with Crippen molar-refractivity contribution in [2.75, 3.05) is 4.90 Å². The summed E-state index contributed by atoms with van der Waals surface area (Å²) in [5.41, 5.74) is 1.07. The van der Waals surface area contributed by atoms with Crippen LogP contribution in [0.1, 0.15) is 18.4 Å². The van der Waals surface area contributed by atoms with E-state index in [1.165, 1.54) is 12.2 Å². The number of hydrogen-bond acceptors (Lipinski definition) is 6. The minimum atomic E-state index is -1.36. The quantitative estimate of drug-likeness (QED) is 0.605. The van der Waals surface area contributed by atoms with Crippen LogP contribution in [0.5, 0.6) is 0 Å². The van der Waals surface area contributed by atoms with Gasteiger partial charge in [0.05, 0.1) is 5.69 Å². The monoisotopic (exact) mass is 330 g/mol. The van der Waals surface area contributed by atoms with Gasteiger partial charge in [-0.05, 0) is 17.7 Å². The Bertz CT molecular complexity index is 705. The fourth-order valence-corrected chi connectivity index (χ4v) is 2.47. The summed E-state index contributed by atoms with van der Waals surface area (Å²) in [4.78, 5) is 52.0. The third-order valence-electron chi connectivity index (χ3n) is 3.65. The molecule has 2 aliphatic rings. The number of aliphatic hydroxyl groups excluding tert-OH is 1. The first-order chi connectivity index (χ1) is 11.5. The zero-order chi connectivity index (χ0) is 17.3. The summed E-state index contributed by atoms with van der Waals surface area (Å²) in [6.07, 6.45) is 1.21. The van der Waals surface area contributed by atoms with E-state index in [0.717, 1.165) is 4.90 Å². The zero-order valence-corrected chi connectivity index (χ0v) is 12.5. The Labute approximate surface area is 136 Å². The number of benzene rings is 1. The van der Waals surface area contributed by atoms with Gasteiger partial charge in [0.2, 0.25) is 0 Å². The van der Waals surface area contributed by atoms with E-state index < -0.39 is 29.9 Å². The van der Waals surface area contributed by atoms with Crippen molar-refractivity contribution in [1.82, 2.24) is 5.06 Å². The van der Waals surface area contributed by atoms with Crippen LogP contribution in [0.4, 0.5) is 5.69 Å². The normalized spacial score (nSPS) is 18.9. The van der Waals surface area contributed by atoms with E-state index in [2.05, 4.69) is 0 Å². The lowest BCUT2D eigenvalue weighted by atomic mass is 10.1. The maximum Gasteiger partial charge on any atom is 0.258 e. The Balaban J connectivity index is 1.62.